The minimum Gasteiger partial charge on any atom is -0.309 e. The van der Waals surface area contributed by atoms with Crippen molar-refractivity contribution in [2.45, 2.75) is 19.3 Å². The quantitative estimate of drug-likeness (QED) is 0.170. The number of fused-ring (bicyclic) bond motifs is 7. The highest BCUT2D eigenvalue weighted by Crippen LogP contribution is 2.55. The standard InChI is InChI=1S/C54H39N3/c1-54(2)44-30-15-14-28-42(44)51-45(54)31-18-34-48(51)56(46-32-16-26-36-19-12-13-27-40(36)46)47-33-17-29-41-43(47)35-49(37-20-6-3-7-21-37)57-53(41)50(38-22-8-4-9-23-38)52(55-57)39-24-10-5-11-25-39/h3-35H,1-2H3. The molecule has 0 saturated carbocycles. The van der Waals surface area contributed by atoms with Gasteiger partial charge in [-0.05, 0) is 51.9 Å². The summed E-state index contributed by atoms with van der Waals surface area (Å²) in [4.78, 5) is 2.53. The van der Waals surface area contributed by atoms with E-state index in [0.717, 1.165) is 67.0 Å². The number of aromatic nitrogens is 2. The zero-order valence-corrected chi connectivity index (χ0v) is 31.9. The maximum atomic E-state index is 5.51. The molecule has 1 aliphatic rings. The van der Waals surface area contributed by atoms with E-state index >= 15 is 0 Å². The Kier molecular flexibility index (Phi) is 7.52. The summed E-state index contributed by atoms with van der Waals surface area (Å²) in [6.07, 6.45) is 0. The minimum absolute atomic E-state index is 0.145. The molecule has 10 aromatic rings. The van der Waals surface area contributed by atoms with E-state index in [9.17, 15) is 0 Å². The molecule has 11 rings (SSSR count). The van der Waals surface area contributed by atoms with Crippen molar-refractivity contribution in [1.29, 1.82) is 0 Å². The van der Waals surface area contributed by atoms with Crippen molar-refractivity contribution >= 4 is 44.1 Å². The molecular weight excluding hydrogens is 691 g/mol. The van der Waals surface area contributed by atoms with Gasteiger partial charge in [-0.2, -0.15) is 5.10 Å². The molecule has 0 aliphatic heterocycles. The molecule has 2 aromatic heterocycles. The highest BCUT2D eigenvalue weighted by atomic mass is 15.2. The fraction of sp³-hybridized carbons (Fsp3) is 0.0556. The maximum absolute atomic E-state index is 5.51. The van der Waals surface area contributed by atoms with Crippen molar-refractivity contribution in [1.82, 2.24) is 9.61 Å². The van der Waals surface area contributed by atoms with Crippen LogP contribution in [0.2, 0.25) is 0 Å². The van der Waals surface area contributed by atoms with Crippen molar-refractivity contribution in [3.8, 4) is 44.8 Å². The van der Waals surface area contributed by atoms with Gasteiger partial charge in [0.05, 0.1) is 28.3 Å². The van der Waals surface area contributed by atoms with Crippen molar-refractivity contribution in [3.63, 3.8) is 0 Å². The van der Waals surface area contributed by atoms with E-state index in [2.05, 4.69) is 223 Å². The van der Waals surface area contributed by atoms with Crippen LogP contribution in [0, 0.1) is 0 Å². The lowest BCUT2D eigenvalue weighted by Crippen LogP contribution is -2.16. The summed E-state index contributed by atoms with van der Waals surface area (Å²) in [5, 5.41) is 10.2. The zero-order valence-electron chi connectivity index (χ0n) is 31.9. The molecule has 8 aromatic carbocycles. The molecule has 0 saturated heterocycles. The van der Waals surface area contributed by atoms with Crippen LogP contribution in [0.4, 0.5) is 17.1 Å². The molecule has 0 atom stereocenters. The van der Waals surface area contributed by atoms with Gasteiger partial charge in [0.1, 0.15) is 5.69 Å². The van der Waals surface area contributed by atoms with Crippen LogP contribution < -0.4 is 4.90 Å². The Morgan fingerprint density at radius 3 is 1.75 bits per heavy atom. The van der Waals surface area contributed by atoms with Gasteiger partial charge in [-0.3, -0.25) is 0 Å². The van der Waals surface area contributed by atoms with Gasteiger partial charge in [-0.1, -0.05) is 190 Å². The third-order valence-electron chi connectivity index (χ3n) is 12.0. The first-order valence-electron chi connectivity index (χ1n) is 19.7. The van der Waals surface area contributed by atoms with Crippen molar-refractivity contribution in [2.24, 2.45) is 0 Å². The lowest BCUT2D eigenvalue weighted by molar-refractivity contribution is 0.660. The number of rotatable bonds is 6. The van der Waals surface area contributed by atoms with E-state index < -0.39 is 0 Å². The van der Waals surface area contributed by atoms with Crippen LogP contribution in [-0.2, 0) is 5.41 Å². The van der Waals surface area contributed by atoms with Gasteiger partial charge in [0, 0.05) is 43.8 Å². The Hall–Kier alpha value is -7.23. The second kappa shape index (κ2) is 12.9. The third-order valence-corrected chi connectivity index (χ3v) is 12.0. The normalized spacial score (nSPS) is 12.9. The molecular formula is C54H39N3. The first-order valence-corrected chi connectivity index (χ1v) is 19.7. The van der Waals surface area contributed by atoms with Crippen LogP contribution in [0.5, 0.6) is 0 Å². The average molecular weight is 730 g/mol. The topological polar surface area (TPSA) is 20.5 Å². The fourth-order valence-electron chi connectivity index (χ4n) is 9.35. The molecule has 0 unspecified atom stereocenters. The number of hydrogen-bond acceptors (Lipinski definition) is 2. The smallest absolute Gasteiger partial charge is 0.101 e. The van der Waals surface area contributed by atoms with Gasteiger partial charge in [0.2, 0.25) is 0 Å². The number of benzene rings is 8. The first kappa shape index (κ1) is 33.1. The average Bonchev–Trinajstić information content (AvgIpc) is 3.79. The Morgan fingerprint density at radius 1 is 0.439 bits per heavy atom. The van der Waals surface area contributed by atoms with Gasteiger partial charge in [-0.15, -0.1) is 0 Å². The second-order valence-corrected chi connectivity index (χ2v) is 15.6. The summed E-state index contributed by atoms with van der Waals surface area (Å²) >= 11 is 0. The molecule has 0 N–H and O–H groups in total. The highest BCUT2D eigenvalue weighted by Gasteiger charge is 2.38. The van der Waals surface area contributed by atoms with E-state index in [1.54, 1.807) is 0 Å². The molecule has 270 valence electrons. The van der Waals surface area contributed by atoms with Gasteiger partial charge in [-0.25, -0.2) is 4.52 Å². The Balaban J connectivity index is 1.31. The minimum atomic E-state index is -0.145. The predicted molar refractivity (Wildman–Crippen MR) is 239 cm³/mol. The zero-order chi connectivity index (χ0) is 38.1. The van der Waals surface area contributed by atoms with Crippen molar-refractivity contribution in [3.05, 3.63) is 211 Å². The van der Waals surface area contributed by atoms with Crippen LogP contribution in [-0.4, -0.2) is 9.61 Å². The largest absolute Gasteiger partial charge is 0.309 e. The number of nitrogens with zero attached hydrogens (tertiary/aromatic N) is 3. The van der Waals surface area contributed by atoms with E-state index in [1.165, 1.54) is 33.0 Å². The maximum Gasteiger partial charge on any atom is 0.101 e. The Morgan fingerprint density at radius 2 is 0.982 bits per heavy atom. The van der Waals surface area contributed by atoms with E-state index in [0.29, 0.717) is 0 Å². The molecule has 0 fully saturated rings. The number of pyridine rings is 1. The number of hydrogen-bond donors (Lipinski definition) is 0. The predicted octanol–water partition coefficient (Wildman–Crippen LogP) is 14.4. The van der Waals surface area contributed by atoms with E-state index in [-0.39, 0.29) is 5.41 Å². The monoisotopic (exact) mass is 729 g/mol. The SMILES string of the molecule is CC1(C)c2ccccc2-c2c(N(c3cccc4ccccc34)c3cccc4c3cc(-c3ccccc3)n3nc(-c5ccccc5)c(-c5ccccc5)c43)cccc21. The second-order valence-electron chi connectivity index (χ2n) is 15.6. The van der Waals surface area contributed by atoms with E-state index in [1.807, 2.05) is 0 Å². The summed E-state index contributed by atoms with van der Waals surface area (Å²) in [5.41, 5.74) is 16.1. The van der Waals surface area contributed by atoms with Crippen molar-refractivity contribution < 1.29 is 0 Å². The molecule has 0 bridgehead atoms. The van der Waals surface area contributed by atoms with Crippen LogP contribution in [0.1, 0.15) is 25.0 Å². The molecule has 1 aliphatic carbocycles. The highest BCUT2D eigenvalue weighted by molar-refractivity contribution is 6.15. The lowest BCUT2D eigenvalue weighted by Gasteiger charge is -2.31. The van der Waals surface area contributed by atoms with Crippen molar-refractivity contribution in [2.75, 3.05) is 4.90 Å². The lowest BCUT2D eigenvalue weighted by atomic mass is 9.82. The van der Waals surface area contributed by atoms with Crippen LogP contribution in [0.15, 0.2) is 200 Å². The van der Waals surface area contributed by atoms with E-state index in [4.69, 9.17) is 5.10 Å². The molecule has 0 spiro atoms. The summed E-state index contributed by atoms with van der Waals surface area (Å²) in [6.45, 7) is 4.72. The summed E-state index contributed by atoms with van der Waals surface area (Å²) in [5.74, 6) is 0. The molecule has 0 radical (unpaired) electrons. The Bertz CT molecular complexity index is 3140. The first-order chi connectivity index (χ1) is 28.1. The summed E-state index contributed by atoms with van der Waals surface area (Å²) in [6, 6.07) is 72.5. The Labute approximate surface area is 332 Å². The van der Waals surface area contributed by atoms with Gasteiger partial charge in [0.25, 0.3) is 0 Å². The summed E-state index contributed by atoms with van der Waals surface area (Å²) in [7, 11) is 0. The van der Waals surface area contributed by atoms with Crippen LogP contribution in [0.25, 0.3) is 71.8 Å². The molecule has 3 nitrogen and oxygen atoms in total. The van der Waals surface area contributed by atoms with Crippen LogP contribution >= 0.6 is 0 Å². The molecule has 0 amide bonds. The summed E-state index contributed by atoms with van der Waals surface area (Å²) < 4.78 is 2.19. The third kappa shape index (κ3) is 5.09. The van der Waals surface area contributed by atoms with Gasteiger partial charge >= 0.3 is 0 Å². The molecule has 3 heteroatoms. The molecule has 57 heavy (non-hydrogen) atoms. The number of anilines is 3. The van der Waals surface area contributed by atoms with Gasteiger partial charge in [0.15, 0.2) is 0 Å². The molecule has 2 heterocycles. The fourth-order valence-corrected chi connectivity index (χ4v) is 9.35. The van der Waals surface area contributed by atoms with Crippen LogP contribution in [0.3, 0.4) is 0 Å². The van der Waals surface area contributed by atoms with Gasteiger partial charge < -0.3 is 4.90 Å².